The maximum Gasteiger partial charge on any atom is 0.450 e. The lowest BCUT2D eigenvalue weighted by Gasteiger charge is -2.05. The van der Waals surface area contributed by atoms with Gasteiger partial charge in [0, 0.05) is 12.8 Å². The molecule has 10 heteroatoms. The Morgan fingerprint density at radius 1 is 0.520 bits per heavy atom. The highest BCUT2D eigenvalue weighted by Crippen LogP contribution is 2.20. The van der Waals surface area contributed by atoms with Gasteiger partial charge in [0.1, 0.15) is 11.6 Å². The van der Waals surface area contributed by atoms with E-state index in [4.69, 9.17) is 0 Å². The molecule has 0 aliphatic carbocycles. The number of alkyl halides is 6. The van der Waals surface area contributed by atoms with Crippen molar-refractivity contribution in [1.29, 1.82) is 0 Å². The van der Waals surface area contributed by atoms with Crippen molar-refractivity contribution in [1.82, 2.24) is 0 Å². The third-order valence-corrected chi connectivity index (χ3v) is 3.26. The lowest BCUT2D eigenvalue weighted by Crippen LogP contribution is -2.25. The molecule has 0 bridgehead atoms. The molecule has 0 amide bonds. The Bertz CT molecular complexity index is 449. The molecule has 0 N–H and O–H groups in total. The lowest BCUT2D eigenvalue weighted by atomic mass is 10.0. The molecular formula is C15H18F6O4. The van der Waals surface area contributed by atoms with Crippen molar-refractivity contribution in [3.05, 3.63) is 0 Å². The second-order valence-corrected chi connectivity index (χ2v) is 5.54. The second kappa shape index (κ2) is 10.3. The quantitative estimate of drug-likeness (QED) is 0.294. The number of rotatable bonds is 12. The van der Waals surface area contributed by atoms with E-state index in [1.54, 1.807) is 0 Å². The fourth-order valence-electron chi connectivity index (χ4n) is 1.91. The fourth-order valence-corrected chi connectivity index (χ4v) is 1.91. The Balaban J connectivity index is 3.71. The summed E-state index contributed by atoms with van der Waals surface area (Å²) in [6.45, 7) is 0. The molecule has 0 aliphatic rings. The van der Waals surface area contributed by atoms with Gasteiger partial charge in [-0.2, -0.15) is 26.3 Å². The maximum absolute atomic E-state index is 11.9. The highest BCUT2D eigenvalue weighted by molar-refractivity contribution is 6.02. The van der Waals surface area contributed by atoms with Gasteiger partial charge < -0.3 is 0 Å². The largest absolute Gasteiger partial charge is 0.450 e. The molecule has 144 valence electrons. The van der Waals surface area contributed by atoms with E-state index in [1.165, 1.54) is 0 Å². The van der Waals surface area contributed by atoms with Crippen LogP contribution in [-0.2, 0) is 19.2 Å². The number of halogens is 6. The van der Waals surface area contributed by atoms with Gasteiger partial charge in [0.15, 0.2) is 0 Å². The smallest absolute Gasteiger partial charge is 0.299 e. The standard InChI is InChI=1S/C15H18F6O4/c16-14(17,18)12(24)8-10(22)6-4-2-1-3-5-7-11(23)9-13(25)15(19,20)21/h1-9H2. The number of hydrogen-bond acceptors (Lipinski definition) is 4. The first-order valence-corrected chi connectivity index (χ1v) is 7.57. The van der Waals surface area contributed by atoms with Gasteiger partial charge in [-0.25, -0.2) is 0 Å². The Hall–Kier alpha value is -1.74. The summed E-state index contributed by atoms with van der Waals surface area (Å²) in [4.78, 5) is 43.5. The van der Waals surface area contributed by atoms with E-state index < -0.39 is 48.3 Å². The van der Waals surface area contributed by atoms with Crippen molar-refractivity contribution in [2.24, 2.45) is 0 Å². The van der Waals surface area contributed by atoms with E-state index in [0.717, 1.165) is 0 Å². The minimum absolute atomic E-state index is 0.166. The van der Waals surface area contributed by atoms with Crippen LogP contribution >= 0.6 is 0 Å². The molecule has 0 heterocycles. The molecule has 4 nitrogen and oxygen atoms in total. The average Bonchev–Trinajstić information content (AvgIpc) is 2.44. The first kappa shape index (κ1) is 23.3. The van der Waals surface area contributed by atoms with Gasteiger partial charge in [-0.1, -0.05) is 19.3 Å². The molecule has 0 saturated carbocycles. The van der Waals surface area contributed by atoms with Crippen LogP contribution in [0.5, 0.6) is 0 Å². The van der Waals surface area contributed by atoms with E-state index in [9.17, 15) is 45.5 Å². The van der Waals surface area contributed by atoms with Crippen molar-refractivity contribution in [2.45, 2.75) is 70.1 Å². The van der Waals surface area contributed by atoms with Gasteiger partial charge in [0.2, 0.25) is 11.6 Å². The topological polar surface area (TPSA) is 68.3 Å². The predicted molar refractivity (Wildman–Crippen MR) is 73.7 cm³/mol. The van der Waals surface area contributed by atoms with Crippen molar-refractivity contribution in [2.75, 3.05) is 0 Å². The zero-order valence-corrected chi connectivity index (χ0v) is 13.3. The summed E-state index contributed by atoms with van der Waals surface area (Å²) in [5.41, 5.74) is 0. The minimum atomic E-state index is -5.02. The zero-order valence-electron chi connectivity index (χ0n) is 13.3. The van der Waals surface area contributed by atoms with Gasteiger partial charge >= 0.3 is 12.4 Å². The summed E-state index contributed by atoms with van der Waals surface area (Å²) in [6, 6.07) is 0. The summed E-state index contributed by atoms with van der Waals surface area (Å²) in [6.07, 6.45) is -10.7. The van der Waals surface area contributed by atoms with E-state index >= 15 is 0 Å². The molecular weight excluding hydrogens is 358 g/mol. The monoisotopic (exact) mass is 376 g/mol. The molecule has 0 aromatic rings. The van der Waals surface area contributed by atoms with Crippen LogP contribution < -0.4 is 0 Å². The summed E-state index contributed by atoms with van der Waals surface area (Å²) >= 11 is 0. The Morgan fingerprint density at radius 2 is 0.800 bits per heavy atom. The first-order chi connectivity index (χ1) is 11.3. The number of unbranched alkanes of at least 4 members (excludes halogenated alkanes) is 4. The molecule has 0 unspecified atom stereocenters. The molecule has 0 fully saturated rings. The average molecular weight is 376 g/mol. The van der Waals surface area contributed by atoms with Gasteiger partial charge in [-0.05, 0) is 12.8 Å². The molecule has 0 aromatic carbocycles. The Labute approximate surface area is 139 Å². The second-order valence-electron chi connectivity index (χ2n) is 5.54. The van der Waals surface area contributed by atoms with Crippen molar-refractivity contribution in [3.63, 3.8) is 0 Å². The van der Waals surface area contributed by atoms with E-state index in [2.05, 4.69) is 0 Å². The highest BCUT2D eigenvalue weighted by atomic mass is 19.4. The summed E-state index contributed by atoms with van der Waals surface area (Å²) in [5.74, 6) is -5.76. The maximum atomic E-state index is 11.9. The summed E-state index contributed by atoms with van der Waals surface area (Å²) < 4.78 is 71.6. The van der Waals surface area contributed by atoms with E-state index in [-0.39, 0.29) is 25.7 Å². The molecule has 0 saturated heterocycles. The Morgan fingerprint density at radius 3 is 1.08 bits per heavy atom. The molecule has 0 atom stereocenters. The third-order valence-electron chi connectivity index (χ3n) is 3.26. The normalized spacial score (nSPS) is 12.1. The first-order valence-electron chi connectivity index (χ1n) is 7.57. The zero-order chi connectivity index (χ0) is 19.7. The van der Waals surface area contributed by atoms with Crippen LogP contribution in [0.1, 0.15) is 57.8 Å². The number of hydrogen-bond donors (Lipinski definition) is 0. The molecule has 25 heavy (non-hydrogen) atoms. The van der Waals surface area contributed by atoms with Gasteiger partial charge in [0.25, 0.3) is 0 Å². The summed E-state index contributed by atoms with van der Waals surface area (Å²) in [7, 11) is 0. The van der Waals surface area contributed by atoms with E-state index in [1.807, 2.05) is 0 Å². The minimum Gasteiger partial charge on any atom is -0.299 e. The number of ketones is 4. The van der Waals surface area contributed by atoms with Crippen molar-refractivity contribution >= 4 is 23.1 Å². The van der Waals surface area contributed by atoms with Crippen LogP contribution in [0.25, 0.3) is 0 Å². The van der Waals surface area contributed by atoms with Crippen LogP contribution in [0.3, 0.4) is 0 Å². The molecule has 0 radical (unpaired) electrons. The summed E-state index contributed by atoms with van der Waals surface area (Å²) in [5, 5.41) is 0. The molecule has 0 spiro atoms. The van der Waals surface area contributed by atoms with Crippen molar-refractivity contribution in [3.8, 4) is 0 Å². The van der Waals surface area contributed by atoms with Gasteiger partial charge in [0.05, 0.1) is 12.8 Å². The molecule has 0 aliphatic heterocycles. The lowest BCUT2D eigenvalue weighted by molar-refractivity contribution is -0.172. The van der Waals surface area contributed by atoms with Crippen LogP contribution in [0.2, 0.25) is 0 Å². The molecule has 0 aromatic heterocycles. The van der Waals surface area contributed by atoms with Gasteiger partial charge in [-0.15, -0.1) is 0 Å². The van der Waals surface area contributed by atoms with Crippen LogP contribution in [0.15, 0.2) is 0 Å². The number of carbonyl (C=O) groups excluding carboxylic acids is 4. The highest BCUT2D eigenvalue weighted by Gasteiger charge is 2.39. The predicted octanol–water partition coefficient (Wildman–Crippen LogP) is 3.90. The number of Topliss-reactive ketones (excluding diaryl/α,β-unsaturated/α-hetero) is 4. The Kier molecular flexibility index (Phi) is 9.58. The SMILES string of the molecule is O=C(CCCCCCCC(=O)CC(=O)C(F)(F)F)CC(=O)C(F)(F)F. The van der Waals surface area contributed by atoms with Crippen LogP contribution in [0.4, 0.5) is 26.3 Å². The van der Waals surface area contributed by atoms with Gasteiger partial charge in [-0.3, -0.25) is 19.2 Å². The van der Waals surface area contributed by atoms with Crippen LogP contribution in [0, 0.1) is 0 Å². The van der Waals surface area contributed by atoms with Crippen LogP contribution in [-0.4, -0.2) is 35.5 Å². The van der Waals surface area contributed by atoms with E-state index in [0.29, 0.717) is 19.3 Å². The third kappa shape index (κ3) is 11.4. The number of carbonyl (C=O) groups is 4. The van der Waals surface area contributed by atoms with Crippen molar-refractivity contribution < 1.29 is 45.5 Å². The fraction of sp³-hybridized carbons (Fsp3) is 0.733. The molecule has 0 rings (SSSR count).